The minimum absolute atomic E-state index is 0.180. The summed E-state index contributed by atoms with van der Waals surface area (Å²) in [6.45, 7) is 0.816. The van der Waals surface area contributed by atoms with Gasteiger partial charge in [0, 0.05) is 37.1 Å². The van der Waals surface area contributed by atoms with E-state index in [2.05, 4.69) is 16.0 Å². The molecule has 1 amide bonds. The van der Waals surface area contributed by atoms with E-state index in [9.17, 15) is 41.2 Å². The van der Waals surface area contributed by atoms with Gasteiger partial charge in [-0.25, -0.2) is 9.59 Å². The second-order valence-corrected chi connectivity index (χ2v) is 11.0. The molecule has 4 heterocycles. The first-order valence-electron chi connectivity index (χ1n) is 14.2. The van der Waals surface area contributed by atoms with E-state index in [0.717, 1.165) is 22.2 Å². The predicted molar refractivity (Wildman–Crippen MR) is 170 cm³/mol. The number of alkyl halides is 6. The number of rotatable bonds is 8. The van der Waals surface area contributed by atoms with Gasteiger partial charge in [0.05, 0.1) is 42.1 Å². The van der Waals surface area contributed by atoms with E-state index in [-0.39, 0.29) is 43.3 Å². The highest BCUT2D eigenvalue weighted by Gasteiger charge is 2.39. The number of benzene rings is 1. The molecular formula is C32H25F6N5O7S. The Morgan fingerprint density at radius 1 is 0.961 bits per heavy atom. The maximum atomic E-state index is 13.9. The van der Waals surface area contributed by atoms with Crippen molar-refractivity contribution in [2.45, 2.75) is 31.9 Å². The van der Waals surface area contributed by atoms with Gasteiger partial charge in [-0.1, -0.05) is 30.3 Å². The zero-order chi connectivity index (χ0) is 37.9. The molecule has 12 nitrogen and oxygen atoms in total. The topological polar surface area (TPSA) is 176 Å². The molecule has 0 aliphatic carbocycles. The number of halogens is 6. The van der Waals surface area contributed by atoms with E-state index in [4.69, 9.17) is 24.5 Å². The molecule has 0 spiro atoms. The summed E-state index contributed by atoms with van der Waals surface area (Å²) in [5.41, 5.74) is 2.10. The minimum Gasteiger partial charge on any atom is -0.494 e. The van der Waals surface area contributed by atoms with Crippen molar-refractivity contribution < 1.29 is 55.7 Å². The SMILES string of the molecule is COc1c(C(=O)N(CCC#N)Cc2cccnc2)sc2c1c(=O)n(Cc1ccccn1)c1ccccc21.O=C(O)C(F)(F)F.O=C(O)C(F)(F)F. The van der Waals surface area contributed by atoms with Crippen LogP contribution in [0.3, 0.4) is 0 Å². The van der Waals surface area contributed by atoms with Crippen LogP contribution in [0.4, 0.5) is 26.3 Å². The lowest BCUT2D eigenvalue weighted by atomic mass is 10.1. The van der Waals surface area contributed by atoms with Gasteiger partial charge < -0.3 is 24.4 Å². The van der Waals surface area contributed by atoms with Gasteiger partial charge in [-0.05, 0) is 29.8 Å². The van der Waals surface area contributed by atoms with Gasteiger partial charge in [0.25, 0.3) is 11.5 Å². The monoisotopic (exact) mass is 737 g/mol. The molecule has 4 aromatic heterocycles. The number of pyridine rings is 3. The molecule has 5 aromatic rings. The number of carboxylic acid groups (broad SMARTS) is 2. The van der Waals surface area contributed by atoms with Crippen LogP contribution in [0.2, 0.25) is 0 Å². The summed E-state index contributed by atoms with van der Waals surface area (Å²) in [7, 11) is 1.47. The lowest BCUT2D eigenvalue weighted by Crippen LogP contribution is -2.31. The van der Waals surface area contributed by atoms with Gasteiger partial charge in [0.2, 0.25) is 0 Å². The average molecular weight is 738 g/mol. The Kier molecular flexibility index (Phi) is 13.2. The van der Waals surface area contributed by atoms with Crippen LogP contribution >= 0.6 is 11.3 Å². The highest BCUT2D eigenvalue weighted by Crippen LogP contribution is 2.40. The smallest absolute Gasteiger partial charge is 0.490 e. The fourth-order valence-corrected chi connectivity index (χ4v) is 5.65. The number of nitriles is 1. The summed E-state index contributed by atoms with van der Waals surface area (Å²) in [6.07, 6.45) is -4.93. The van der Waals surface area contributed by atoms with Crippen molar-refractivity contribution in [3.63, 3.8) is 0 Å². The maximum Gasteiger partial charge on any atom is 0.490 e. The lowest BCUT2D eigenvalue weighted by molar-refractivity contribution is -0.193. The zero-order valence-corrected chi connectivity index (χ0v) is 26.9. The van der Waals surface area contributed by atoms with E-state index < -0.39 is 24.3 Å². The van der Waals surface area contributed by atoms with Crippen LogP contribution in [-0.2, 0) is 22.7 Å². The van der Waals surface area contributed by atoms with Crippen LogP contribution in [0, 0.1) is 11.3 Å². The fourth-order valence-electron chi connectivity index (χ4n) is 4.38. The number of amides is 1. The Morgan fingerprint density at radius 3 is 2.12 bits per heavy atom. The molecule has 0 bridgehead atoms. The van der Waals surface area contributed by atoms with Gasteiger partial charge in [0.1, 0.15) is 10.3 Å². The number of para-hydroxylation sites is 1. The van der Waals surface area contributed by atoms with Crippen LogP contribution in [0.25, 0.3) is 21.0 Å². The number of methoxy groups -OCH3 is 1. The molecule has 0 fully saturated rings. The number of thiophene rings is 1. The molecule has 0 saturated carbocycles. The maximum absolute atomic E-state index is 13.9. The van der Waals surface area contributed by atoms with Crippen LogP contribution in [0.5, 0.6) is 5.75 Å². The molecule has 0 aliphatic heterocycles. The highest BCUT2D eigenvalue weighted by atomic mass is 32.1. The second kappa shape index (κ2) is 17.1. The number of carbonyl (C=O) groups is 3. The van der Waals surface area contributed by atoms with Crippen molar-refractivity contribution in [3.05, 3.63) is 99.7 Å². The quantitative estimate of drug-likeness (QED) is 0.183. The molecule has 268 valence electrons. The van der Waals surface area contributed by atoms with Crippen molar-refractivity contribution >= 4 is 50.2 Å². The molecule has 0 saturated heterocycles. The number of nitrogens with zero attached hydrogens (tertiary/aromatic N) is 5. The molecule has 51 heavy (non-hydrogen) atoms. The van der Waals surface area contributed by atoms with E-state index in [1.54, 1.807) is 34.1 Å². The van der Waals surface area contributed by atoms with E-state index in [1.165, 1.54) is 18.4 Å². The van der Waals surface area contributed by atoms with Crippen molar-refractivity contribution in [3.8, 4) is 11.8 Å². The number of hydrogen-bond donors (Lipinski definition) is 2. The summed E-state index contributed by atoms with van der Waals surface area (Å²) < 4.78 is 71.6. The predicted octanol–water partition coefficient (Wildman–Crippen LogP) is 5.89. The number of aliphatic carboxylic acids is 2. The lowest BCUT2D eigenvalue weighted by Gasteiger charge is -2.21. The summed E-state index contributed by atoms with van der Waals surface area (Å²) >= 11 is 1.24. The molecule has 0 radical (unpaired) electrons. The van der Waals surface area contributed by atoms with Crippen molar-refractivity contribution in [1.82, 2.24) is 19.4 Å². The van der Waals surface area contributed by atoms with Gasteiger partial charge in [-0.15, -0.1) is 11.3 Å². The van der Waals surface area contributed by atoms with Crippen LogP contribution in [0.1, 0.15) is 27.3 Å². The van der Waals surface area contributed by atoms with Crippen LogP contribution in [0.15, 0.2) is 78.0 Å². The second-order valence-electron chi connectivity index (χ2n) is 10.00. The Morgan fingerprint density at radius 2 is 1.59 bits per heavy atom. The normalized spacial score (nSPS) is 11.0. The van der Waals surface area contributed by atoms with E-state index in [1.807, 2.05) is 48.5 Å². The molecule has 0 unspecified atom stereocenters. The third-order valence-electron chi connectivity index (χ3n) is 6.57. The van der Waals surface area contributed by atoms with E-state index in [0.29, 0.717) is 15.0 Å². The fraction of sp³-hybridized carbons (Fsp3) is 0.219. The first-order chi connectivity index (χ1) is 24.0. The number of carboxylic acids is 2. The Labute approximate surface area is 287 Å². The van der Waals surface area contributed by atoms with Crippen molar-refractivity contribution in [1.29, 1.82) is 5.26 Å². The average Bonchev–Trinajstić information content (AvgIpc) is 3.49. The molecule has 5 rings (SSSR count). The first kappa shape index (κ1) is 39.4. The number of carbonyl (C=O) groups excluding carboxylic acids is 1. The zero-order valence-electron chi connectivity index (χ0n) is 26.1. The molecule has 2 N–H and O–H groups in total. The van der Waals surface area contributed by atoms with Crippen molar-refractivity contribution in [2.24, 2.45) is 0 Å². The van der Waals surface area contributed by atoms with Gasteiger partial charge in [-0.3, -0.25) is 19.6 Å². The third kappa shape index (κ3) is 10.2. The largest absolute Gasteiger partial charge is 0.494 e. The van der Waals surface area contributed by atoms with Crippen LogP contribution in [-0.4, -0.2) is 73.5 Å². The number of hydrogen-bond acceptors (Lipinski definition) is 9. The highest BCUT2D eigenvalue weighted by molar-refractivity contribution is 7.22. The van der Waals surface area contributed by atoms with Crippen molar-refractivity contribution in [2.75, 3.05) is 13.7 Å². The van der Waals surface area contributed by atoms with Crippen LogP contribution < -0.4 is 10.3 Å². The Balaban J connectivity index is 0.000000424. The number of fused-ring (bicyclic) bond motifs is 3. The molecular weight excluding hydrogens is 712 g/mol. The Hall–Kier alpha value is -6.03. The first-order valence-corrected chi connectivity index (χ1v) is 15.0. The molecule has 0 atom stereocenters. The molecule has 0 aliphatic rings. The van der Waals surface area contributed by atoms with Gasteiger partial charge in [-0.2, -0.15) is 31.6 Å². The van der Waals surface area contributed by atoms with E-state index >= 15 is 0 Å². The standard InChI is InChI=1S/C28H23N5O3S.2C2HF3O2/c1-36-24-23-25(37-26(24)28(35)32(15-7-12-29)17-19-8-6-13-30-16-19)21-10-2-3-11-22(21)33(27(23)34)18-20-9-4-5-14-31-20;2*3-2(4,5)1(6)7/h2-6,8-11,13-14,16H,7,15,17-18H2,1H3;2*(H,6,7). The summed E-state index contributed by atoms with van der Waals surface area (Å²) in [6, 6.07) is 19.0. The summed E-state index contributed by atoms with van der Waals surface area (Å²) in [4.78, 5) is 56.0. The van der Waals surface area contributed by atoms with Gasteiger partial charge >= 0.3 is 24.3 Å². The summed E-state index contributed by atoms with van der Waals surface area (Å²) in [5.74, 6) is -5.56. The molecule has 19 heteroatoms. The third-order valence-corrected chi connectivity index (χ3v) is 7.76. The number of aromatic nitrogens is 3. The molecule has 1 aromatic carbocycles. The Bertz CT molecular complexity index is 2070. The number of ether oxygens (including phenoxy) is 1. The van der Waals surface area contributed by atoms with Gasteiger partial charge in [0.15, 0.2) is 5.75 Å². The summed E-state index contributed by atoms with van der Waals surface area (Å²) in [5, 5.41) is 24.7. The minimum atomic E-state index is -5.08.